The van der Waals surface area contributed by atoms with Gasteiger partial charge in [0.25, 0.3) is 0 Å². The van der Waals surface area contributed by atoms with Crippen molar-refractivity contribution in [1.29, 1.82) is 0 Å². The van der Waals surface area contributed by atoms with Crippen molar-refractivity contribution in [2.45, 2.75) is 19.8 Å². The predicted octanol–water partition coefficient (Wildman–Crippen LogP) is 3.14. The Balaban J connectivity index is 3.29. The van der Waals surface area contributed by atoms with E-state index in [9.17, 15) is 0 Å². The molecule has 0 saturated heterocycles. The largest absolute Gasteiger partial charge is 0.0971 e. The summed E-state index contributed by atoms with van der Waals surface area (Å²) in [6, 6.07) is 8.70. The van der Waals surface area contributed by atoms with Crippen LogP contribution in [0.2, 0.25) is 0 Å². The highest BCUT2D eigenvalue weighted by Crippen LogP contribution is 2.36. The lowest BCUT2D eigenvalue weighted by Gasteiger charge is -2.20. The molecule has 0 aliphatic carbocycles. The zero-order valence-electron chi connectivity index (χ0n) is 9.04. The Morgan fingerprint density at radius 1 is 1.15 bits per heavy atom. The topological polar surface area (TPSA) is 0 Å². The fourth-order valence-electron chi connectivity index (χ4n) is 1.53. The molecular weight excluding hydrogens is 175 g/mol. The number of rotatable bonds is 2. The first-order valence-electron chi connectivity index (χ1n) is 4.70. The number of hydrogen-bond donors (Lipinski definition) is 0. The van der Waals surface area contributed by atoms with Gasteiger partial charge in [-0.15, -0.1) is 0 Å². The summed E-state index contributed by atoms with van der Waals surface area (Å²) in [4.78, 5) is 0. The normalized spacial score (nSPS) is 12.1. The van der Waals surface area contributed by atoms with Gasteiger partial charge < -0.3 is 0 Å². The summed E-state index contributed by atoms with van der Waals surface area (Å²) in [5, 5.41) is 1.48. The fraction of sp³-hybridized carbons (Fsp3) is 0.417. The molecule has 0 aliphatic heterocycles. The summed E-state index contributed by atoms with van der Waals surface area (Å²) in [6.45, 7) is 7.92. The van der Waals surface area contributed by atoms with Gasteiger partial charge in [-0.3, -0.25) is 0 Å². The maximum Gasteiger partial charge on any atom is -0.0213 e. The van der Waals surface area contributed by atoms with E-state index in [0.717, 1.165) is 0 Å². The second kappa shape index (κ2) is 3.72. The van der Waals surface area contributed by atoms with E-state index in [2.05, 4.69) is 57.7 Å². The van der Waals surface area contributed by atoms with E-state index in [4.69, 9.17) is 0 Å². The average Bonchev–Trinajstić information content (AvgIpc) is 2.03. The monoisotopic (exact) mass is 194 g/mol. The molecule has 0 atom stereocenters. The molecule has 0 aromatic heterocycles. The minimum absolute atomic E-state index is 0.609. The standard InChI is InChI=1S/C12H19P/c1-10(2)11-8-6-7-9-12(11)13(3,4)5/h6-10H,3H2,1-2,4-5H3. The summed E-state index contributed by atoms with van der Waals surface area (Å²) >= 11 is 0. The van der Waals surface area contributed by atoms with Crippen molar-refractivity contribution in [2.75, 3.05) is 13.3 Å². The van der Waals surface area contributed by atoms with Crippen LogP contribution in [0, 0.1) is 0 Å². The van der Waals surface area contributed by atoms with Crippen LogP contribution in [0.4, 0.5) is 0 Å². The second-order valence-electron chi connectivity index (χ2n) is 4.40. The van der Waals surface area contributed by atoms with Crippen LogP contribution in [0.1, 0.15) is 25.3 Å². The molecule has 1 rings (SSSR count). The van der Waals surface area contributed by atoms with E-state index in [1.807, 2.05) is 0 Å². The van der Waals surface area contributed by atoms with Gasteiger partial charge in [0, 0.05) is 0 Å². The van der Waals surface area contributed by atoms with Crippen LogP contribution in [0.15, 0.2) is 24.3 Å². The maximum atomic E-state index is 4.29. The Hall–Kier alpha value is -0.480. The van der Waals surface area contributed by atoms with E-state index in [-0.39, 0.29) is 0 Å². The van der Waals surface area contributed by atoms with E-state index >= 15 is 0 Å². The van der Waals surface area contributed by atoms with Crippen molar-refractivity contribution in [1.82, 2.24) is 0 Å². The minimum atomic E-state index is -1.11. The molecule has 0 radical (unpaired) electrons. The molecule has 0 saturated carbocycles. The van der Waals surface area contributed by atoms with Gasteiger partial charge in [-0.05, 0) is 30.1 Å². The zero-order chi connectivity index (χ0) is 10.1. The molecule has 0 nitrogen and oxygen atoms in total. The first-order chi connectivity index (χ1) is 5.93. The van der Waals surface area contributed by atoms with Crippen molar-refractivity contribution in [2.24, 2.45) is 0 Å². The summed E-state index contributed by atoms with van der Waals surface area (Å²) in [7, 11) is 0. The second-order valence-corrected chi connectivity index (χ2v) is 8.25. The quantitative estimate of drug-likeness (QED) is 0.634. The Morgan fingerprint density at radius 3 is 2.08 bits per heavy atom. The molecule has 13 heavy (non-hydrogen) atoms. The van der Waals surface area contributed by atoms with Gasteiger partial charge in [0.1, 0.15) is 0 Å². The summed E-state index contributed by atoms with van der Waals surface area (Å²) in [6.07, 6.45) is 4.29. The lowest BCUT2D eigenvalue weighted by molar-refractivity contribution is 0.873. The van der Waals surface area contributed by atoms with Gasteiger partial charge in [-0.1, -0.05) is 51.3 Å². The van der Waals surface area contributed by atoms with Crippen LogP contribution in [0.25, 0.3) is 0 Å². The van der Waals surface area contributed by atoms with Gasteiger partial charge >= 0.3 is 0 Å². The summed E-state index contributed by atoms with van der Waals surface area (Å²) < 4.78 is 0. The van der Waals surface area contributed by atoms with E-state index in [1.165, 1.54) is 10.9 Å². The van der Waals surface area contributed by atoms with Crippen molar-refractivity contribution in [3.63, 3.8) is 0 Å². The van der Waals surface area contributed by atoms with Crippen molar-refractivity contribution < 1.29 is 0 Å². The van der Waals surface area contributed by atoms with Crippen LogP contribution < -0.4 is 5.30 Å². The van der Waals surface area contributed by atoms with Crippen molar-refractivity contribution in [3.8, 4) is 0 Å². The van der Waals surface area contributed by atoms with Gasteiger partial charge in [-0.25, -0.2) is 0 Å². The van der Waals surface area contributed by atoms with Crippen LogP contribution in [0.3, 0.4) is 0 Å². The molecule has 0 amide bonds. The van der Waals surface area contributed by atoms with Gasteiger partial charge in [0.05, 0.1) is 0 Å². The summed E-state index contributed by atoms with van der Waals surface area (Å²) in [5.41, 5.74) is 1.47. The molecule has 0 aliphatic rings. The highest BCUT2D eigenvalue weighted by Gasteiger charge is 2.11. The van der Waals surface area contributed by atoms with Crippen molar-refractivity contribution in [3.05, 3.63) is 29.8 Å². The number of benzene rings is 1. The maximum absolute atomic E-state index is 4.29. The third kappa shape index (κ3) is 2.48. The Labute approximate surface area is 82.0 Å². The Kier molecular flexibility index (Phi) is 3.03. The molecule has 0 fully saturated rings. The SMILES string of the molecule is C=P(C)(C)c1ccccc1C(C)C. The highest BCUT2D eigenvalue weighted by molar-refractivity contribution is 7.79. The Bertz CT molecular complexity index is 331. The molecule has 0 N–H and O–H groups in total. The van der Waals surface area contributed by atoms with Gasteiger partial charge in [0.2, 0.25) is 0 Å². The molecule has 0 unspecified atom stereocenters. The van der Waals surface area contributed by atoms with Crippen molar-refractivity contribution >= 4 is 18.5 Å². The molecule has 1 aromatic rings. The van der Waals surface area contributed by atoms with E-state index in [1.54, 1.807) is 0 Å². The van der Waals surface area contributed by atoms with Crippen LogP contribution in [-0.2, 0) is 0 Å². The molecule has 0 heterocycles. The Morgan fingerprint density at radius 2 is 1.69 bits per heavy atom. The van der Waals surface area contributed by atoms with E-state index in [0.29, 0.717) is 5.92 Å². The predicted molar refractivity (Wildman–Crippen MR) is 66.1 cm³/mol. The lowest BCUT2D eigenvalue weighted by Crippen LogP contribution is -2.11. The molecular formula is C12H19P. The van der Waals surface area contributed by atoms with E-state index < -0.39 is 6.89 Å². The van der Waals surface area contributed by atoms with Crippen LogP contribution in [0.5, 0.6) is 0 Å². The first-order valence-corrected chi connectivity index (χ1v) is 7.57. The molecule has 1 aromatic carbocycles. The van der Waals surface area contributed by atoms with Crippen LogP contribution in [-0.4, -0.2) is 19.6 Å². The lowest BCUT2D eigenvalue weighted by atomic mass is 10.0. The zero-order valence-corrected chi connectivity index (χ0v) is 9.94. The third-order valence-corrected chi connectivity index (χ3v) is 3.92. The third-order valence-electron chi connectivity index (χ3n) is 2.21. The molecule has 1 heteroatoms. The fourth-order valence-corrected chi connectivity index (χ4v) is 3.05. The smallest absolute Gasteiger partial charge is 0.0213 e. The highest BCUT2D eigenvalue weighted by atomic mass is 31.2. The molecule has 0 spiro atoms. The summed E-state index contributed by atoms with van der Waals surface area (Å²) in [5.74, 6) is 0.609. The molecule has 0 bridgehead atoms. The molecule has 72 valence electrons. The van der Waals surface area contributed by atoms with Crippen LogP contribution >= 0.6 is 6.89 Å². The minimum Gasteiger partial charge on any atom is -0.0971 e. The van der Waals surface area contributed by atoms with Gasteiger partial charge in [0.15, 0.2) is 0 Å². The number of hydrogen-bond acceptors (Lipinski definition) is 0. The first kappa shape index (κ1) is 10.6. The van der Waals surface area contributed by atoms with Gasteiger partial charge in [-0.2, -0.15) is 0 Å². The average molecular weight is 194 g/mol.